The minimum absolute atomic E-state index is 0.0672. The lowest BCUT2D eigenvalue weighted by molar-refractivity contribution is -0.149. The van der Waals surface area contributed by atoms with Crippen LogP contribution in [0.15, 0.2) is 18.2 Å². The number of unbranched alkanes of at least 4 members (excludes halogenated alkanes) is 1. The molecule has 1 saturated carbocycles. The Kier molecular flexibility index (Phi) is 7.88. The predicted molar refractivity (Wildman–Crippen MR) is 94.6 cm³/mol. The number of ether oxygens (including phenoxy) is 3. The van der Waals surface area contributed by atoms with Crippen molar-refractivity contribution in [1.82, 2.24) is 0 Å². The highest BCUT2D eigenvalue weighted by molar-refractivity contribution is 5.89. The summed E-state index contributed by atoms with van der Waals surface area (Å²) >= 11 is 0. The number of hydrogen-bond donors (Lipinski definition) is 0. The van der Waals surface area contributed by atoms with Crippen molar-refractivity contribution in [3.8, 4) is 5.75 Å². The van der Waals surface area contributed by atoms with Crippen molar-refractivity contribution >= 4 is 11.9 Å². The second-order valence-corrected chi connectivity index (χ2v) is 6.47. The number of carbonyl (C=O) groups excluding carboxylic acids is 2. The molecule has 0 unspecified atom stereocenters. The Bertz CT molecular complexity index is 608. The lowest BCUT2D eigenvalue weighted by atomic mass is 9.87. The maximum Gasteiger partial charge on any atom is 0.341 e. The van der Waals surface area contributed by atoms with Crippen LogP contribution in [0.25, 0.3) is 0 Å². The molecule has 0 aromatic heterocycles. The molecule has 0 saturated heterocycles. The lowest BCUT2D eigenvalue weighted by Gasteiger charge is -2.27. The summed E-state index contributed by atoms with van der Waals surface area (Å²) in [6.45, 7) is 4.46. The van der Waals surface area contributed by atoms with E-state index in [-0.39, 0.29) is 30.2 Å². The van der Waals surface area contributed by atoms with E-state index in [1.165, 1.54) is 12.1 Å². The molecule has 0 heterocycles. The summed E-state index contributed by atoms with van der Waals surface area (Å²) in [4.78, 5) is 23.6. The third-order valence-corrected chi connectivity index (χ3v) is 4.49. The summed E-state index contributed by atoms with van der Waals surface area (Å²) in [5, 5.41) is 0. The SMILES string of the molecule is CCCCOC(=O)c1ccc(OC2CCC(C(=O)OCC)CC2)cc1F. The molecule has 0 bridgehead atoms. The van der Waals surface area contributed by atoms with Crippen molar-refractivity contribution in [3.63, 3.8) is 0 Å². The highest BCUT2D eigenvalue weighted by Crippen LogP contribution is 2.29. The fourth-order valence-corrected chi connectivity index (χ4v) is 2.99. The fraction of sp³-hybridized carbons (Fsp3) is 0.600. The molecule has 2 rings (SSSR count). The monoisotopic (exact) mass is 366 g/mol. The van der Waals surface area contributed by atoms with Gasteiger partial charge >= 0.3 is 11.9 Å². The Morgan fingerprint density at radius 2 is 1.85 bits per heavy atom. The van der Waals surface area contributed by atoms with E-state index >= 15 is 0 Å². The average Bonchev–Trinajstić information content (AvgIpc) is 2.62. The van der Waals surface area contributed by atoms with E-state index in [1.54, 1.807) is 13.0 Å². The second kappa shape index (κ2) is 10.1. The minimum atomic E-state index is -0.655. The van der Waals surface area contributed by atoms with Gasteiger partial charge in [-0.15, -0.1) is 0 Å². The van der Waals surface area contributed by atoms with Crippen molar-refractivity contribution in [2.75, 3.05) is 13.2 Å². The van der Waals surface area contributed by atoms with Gasteiger partial charge in [-0.1, -0.05) is 13.3 Å². The topological polar surface area (TPSA) is 61.8 Å². The zero-order valence-corrected chi connectivity index (χ0v) is 15.5. The molecule has 144 valence electrons. The Morgan fingerprint density at radius 1 is 1.12 bits per heavy atom. The summed E-state index contributed by atoms with van der Waals surface area (Å²) in [7, 11) is 0. The van der Waals surface area contributed by atoms with Gasteiger partial charge in [-0.3, -0.25) is 4.79 Å². The van der Waals surface area contributed by atoms with Crippen LogP contribution < -0.4 is 4.74 Å². The summed E-state index contributed by atoms with van der Waals surface area (Å²) in [5.74, 6) is -1.15. The predicted octanol–water partition coefficient (Wildman–Crippen LogP) is 4.28. The van der Waals surface area contributed by atoms with Crippen molar-refractivity contribution in [1.29, 1.82) is 0 Å². The number of rotatable bonds is 8. The van der Waals surface area contributed by atoms with Crippen molar-refractivity contribution in [2.24, 2.45) is 5.92 Å². The van der Waals surface area contributed by atoms with E-state index in [1.807, 2.05) is 6.92 Å². The van der Waals surface area contributed by atoms with E-state index < -0.39 is 11.8 Å². The van der Waals surface area contributed by atoms with E-state index in [0.717, 1.165) is 12.8 Å². The van der Waals surface area contributed by atoms with E-state index in [0.29, 0.717) is 38.0 Å². The van der Waals surface area contributed by atoms with E-state index in [2.05, 4.69) is 0 Å². The third kappa shape index (κ3) is 5.71. The smallest absolute Gasteiger partial charge is 0.341 e. The van der Waals surface area contributed by atoms with Crippen LogP contribution >= 0.6 is 0 Å². The fourth-order valence-electron chi connectivity index (χ4n) is 2.99. The van der Waals surface area contributed by atoms with Crippen molar-refractivity contribution in [2.45, 2.75) is 58.5 Å². The molecule has 0 aliphatic heterocycles. The minimum Gasteiger partial charge on any atom is -0.490 e. The van der Waals surface area contributed by atoms with Gasteiger partial charge in [0.2, 0.25) is 0 Å². The summed E-state index contributed by atoms with van der Waals surface area (Å²) < 4.78 is 30.1. The van der Waals surface area contributed by atoms with Crippen molar-refractivity contribution < 1.29 is 28.2 Å². The first kappa shape index (κ1) is 20.2. The molecular formula is C20H27FO5. The molecule has 0 amide bonds. The molecule has 26 heavy (non-hydrogen) atoms. The van der Waals surface area contributed by atoms with Gasteiger partial charge in [-0.2, -0.15) is 0 Å². The third-order valence-electron chi connectivity index (χ3n) is 4.49. The Labute approximate surface area is 153 Å². The average molecular weight is 366 g/mol. The molecular weight excluding hydrogens is 339 g/mol. The van der Waals surface area contributed by atoms with Crippen LogP contribution in [0.3, 0.4) is 0 Å². The molecule has 1 fully saturated rings. The summed E-state index contributed by atoms with van der Waals surface area (Å²) in [6.07, 6.45) is 4.42. The molecule has 6 heteroatoms. The Balaban J connectivity index is 1.86. The number of halogens is 1. The van der Waals surface area contributed by atoms with Gasteiger partial charge in [0.25, 0.3) is 0 Å². The first-order chi connectivity index (χ1) is 12.5. The number of esters is 2. The summed E-state index contributed by atoms with van der Waals surface area (Å²) in [5.41, 5.74) is -0.0838. The largest absolute Gasteiger partial charge is 0.490 e. The van der Waals surface area contributed by atoms with Crippen molar-refractivity contribution in [3.05, 3.63) is 29.6 Å². The first-order valence-electron chi connectivity index (χ1n) is 9.35. The molecule has 1 aromatic carbocycles. The van der Waals surface area contributed by atoms with Gasteiger partial charge in [0.15, 0.2) is 0 Å². The molecule has 0 radical (unpaired) electrons. The van der Waals surface area contributed by atoms with Crippen LogP contribution in [0.5, 0.6) is 5.75 Å². The van der Waals surface area contributed by atoms with Gasteiger partial charge in [0, 0.05) is 6.07 Å². The second-order valence-electron chi connectivity index (χ2n) is 6.47. The molecule has 1 aliphatic rings. The maximum atomic E-state index is 14.2. The number of benzene rings is 1. The van der Waals surface area contributed by atoms with E-state index in [9.17, 15) is 14.0 Å². The van der Waals surface area contributed by atoms with Crippen LogP contribution in [-0.4, -0.2) is 31.3 Å². The van der Waals surface area contributed by atoms with Crippen LogP contribution in [0.1, 0.15) is 62.7 Å². The lowest BCUT2D eigenvalue weighted by Crippen LogP contribution is -2.29. The standard InChI is InChI=1S/C20H27FO5/c1-3-5-12-25-20(23)17-11-10-16(13-18(17)21)26-15-8-6-14(7-9-15)19(22)24-4-2/h10-11,13-15H,3-9,12H2,1-2H3. The quantitative estimate of drug-likeness (QED) is 0.507. The van der Waals surface area contributed by atoms with Crippen LogP contribution in [-0.2, 0) is 14.3 Å². The van der Waals surface area contributed by atoms with Crippen LogP contribution in [0, 0.1) is 11.7 Å². The molecule has 5 nitrogen and oxygen atoms in total. The maximum absolute atomic E-state index is 14.2. The zero-order valence-electron chi connectivity index (χ0n) is 15.5. The normalized spacial score (nSPS) is 19.7. The van der Waals surface area contributed by atoms with Gasteiger partial charge in [0.05, 0.1) is 30.8 Å². The van der Waals surface area contributed by atoms with E-state index in [4.69, 9.17) is 14.2 Å². The highest BCUT2D eigenvalue weighted by Gasteiger charge is 2.28. The molecule has 0 atom stereocenters. The number of hydrogen-bond acceptors (Lipinski definition) is 5. The van der Waals surface area contributed by atoms with Crippen LogP contribution in [0.2, 0.25) is 0 Å². The molecule has 0 spiro atoms. The van der Waals surface area contributed by atoms with Gasteiger partial charge < -0.3 is 14.2 Å². The van der Waals surface area contributed by atoms with Gasteiger partial charge in [-0.05, 0) is 51.2 Å². The van der Waals surface area contributed by atoms with Crippen LogP contribution in [0.4, 0.5) is 4.39 Å². The summed E-state index contributed by atoms with van der Waals surface area (Å²) in [6, 6.07) is 4.19. The molecule has 0 N–H and O–H groups in total. The molecule has 1 aromatic rings. The van der Waals surface area contributed by atoms with Gasteiger partial charge in [0.1, 0.15) is 11.6 Å². The Morgan fingerprint density at radius 3 is 2.46 bits per heavy atom. The highest BCUT2D eigenvalue weighted by atomic mass is 19.1. The first-order valence-corrected chi connectivity index (χ1v) is 9.35. The van der Waals surface area contributed by atoms with Gasteiger partial charge in [-0.25, -0.2) is 9.18 Å². The zero-order chi connectivity index (χ0) is 18.9. The molecule has 1 aliphatic carbocycles. The number of carbonyl (C=O) groups is 2. The Hall–Kier alpha value is -2.11.